The van der Waals surface area contributed by atoms with E-state index in [0.29, 0.717) is 24.6 Å². The number of hydrogen-bond acceptors (Lipinski definition) is 3. The highest BCUT2D eigenvalue weighted by Crippen LogP contribution is 2.31. The van der Waals surface area contributed by atoms with Crippen LogP contribution in [0, 0.1) is 11.7 Å². The highest BCUT2D eigenvalue weighted by Gasteiger charge is 2.32. The Hall–Kier alpha value is -1.46. The molecular weight excluding hydrogens is 271 g/mol. The lowest BCUT2D eigenvalue weighted by molar-refractivity contribution is -0.0119. The van der Waals surface area contributed by atoms with Crippen molar-refractivity contribution in [2.45, 2.75) is 44.8 Å². The predicted octanol–water partition coefficient (Wildman–Crippen LogP) is 1.96. The van der Waals surface area contributed by atoms with Crippen molar-refractivity contribution in [3.05, 3.63) is 35.1 Å². The minimum absolute atomic E-state index is 0.163. The van der Waals surface area contributed by atoms with Crippen molar-refractivity contribution >= 4 is 5.91 Å². The lowest BCUT2D eigenvalue weighted by Gasteiger charge is -2.35. The van der Waals surface area contributed by atoms with E-state index < -0.39 is 17.3 Å². The number of carbonyl (C=O) groups is 1. The Morgan fingerprint density at radius 3 is 2.95 bits per heavy atom. The molecule has 0 saturated heterocycles. The average molecular weight is 294 g/mol. The second kappa shape index (κ2) is 6.54. The van der Waals surface area contributed by atoms with Crippen LogP contribution in [0.15, 0.2) is 18.2 Å². The summed E-state index contributed by atoms with van der Waals surface area (Å²) >= 11 is 0. The SMILES string of the molecule is CC1CCCC(O)(CNCc2ccc(C(N)=O)cc2F)C1. The van der Waals surface area contributed by atoms with E-state index in [1.807, 2.05) is 0 Å². The molecule has 2 unspecified atom stereocenters. The van der Waals surface area contributed by atoms with Crippen LogP contribution in [-0.2, 0) is 6.54 Å². The van der Waals surface area contributed by atoms with Gasteiger partial charge >= 0.3 is 0 Å². The van der Waals surface area contributed by atoms with Crippen LogP contribution in [0.1, 0.15) is 48.5 Å². The molecule has 0 heterocycles. The van der Waals surface area contributed by atoms with E-state index in [1.165, 1.54) is 6.07 Å². The van der Waals surface area contributed by atoms with E-state index >= 15 is 0 Å². The predicted molar refractivity (Wildman–Crippen MR) is 79.2 cm³/mol. The van der Waals surface area contributed by atoms with Crippen molar-refractivity contribution < 1.29 is 14.3 Å². The number of benzene rings is 1. The summed E-state index contributed by atoms with van der Waals surface area (Å²) in [5.74, 6) is -0.571. The van der Waals surface area contributed by atoms with Gasteiger partial charge in [-0.15, -0.1) is 0 Å². The Morgan fingerprint density at radius 2 is 2.33 bits per heavy atom. The van der Waals surface area contributed by atoms with Gasteiger partial charge in [-0.25, -0.2) is 4.39 Å². The van der Waals surface area contributed by atoms with Crippen LogP contribution in [0.4, 0.5) is 4.39 Å². The monoisotopic (exact) mass is 294 g/mol. The molecule has 5 heteroatoms. The van der Waals surface area contributed by atoms with Crippen molar-refractivity contribution in [3.63, 3.8) is 0 Å². The molecule has 1 aromatic carbocycles. The highest BCUT2D eigenvalue weighted by atomic mass is 19.1. The van der Waals surface area contributed by atoms with Gasteiger partial charge in [-0.3, -0.25) is 4.79 Å². The summed E-state index contributed by atoms with van der Waals surface area (Å²) in [5.41, 5.74) is 5.04. The van der Waals surface area contributed by atoms with Crippen LogP contribution in [-0.4, -0.2) is 23.2 Å². The molecular formula is C16H23FN2O2. The molecule has 2 rings (SSSR count). The molecule has 0 spiro atoms. The van der Waals surface area contributed by atoms with E-state index in [1.54, 1.807) is 6.07 Å². The number of carbonyl (C=O) groups excluding carboxylic acids is 1. The molecule has 4 N–H and O–H groups in total. The number of amides is 1. The summed E-state index contributed by atoms with van der Waals surface area (Å²) in [4.78, 5) is 11.0. The number of nitrogens with one attached hydrogen (secondary N) is 1. The maximum absolute atomic E-state index is 13.8. The minimum Gasteiger partial charge on any atom is -0.389 e. The van der Waals surface area contributed by atoms with Gasteiger partial charge < -0.3 is 16.2 Å². The summed E-state index contributed by atoms with van der Waals surface area (Å²) < 4.78 is 13.8. The number of nitrogens with two attached hydrogens (primary N) is 1. The molecule has 1 aromatic rings. The first kappa shape index (κ1) is 15.9. The summed E-state index contributed by atoms with van der Waals surface area (Å²) in [6, 6.07) is 4.21. The first-order valence-corrected chi connectivity index (χ1v) is 7.41. The van der Waals surface area contributed by atoms with Crippen molar-refractivity contribution in [3.8, 4) is 0 Å². The highest BCUT2D eigenvalue weighted by molar-refractivity contribution is 5.92. The third-order valence-electron chi connectivity index (χ3n) is 4.17. The summed E-state index contributed by atoms with van der Waals surface area (Å²) in [6.07, 6.45) is 3.75. The van der Waals surface area contributed by atoms with Crippen molar-refractivity contribution in [1.29, 1.82) is 0 Å². The normalized spacial score (nSPS) is 25.8. The second-order valence-electron chi connectivity index (χ2n) is 6.20. The topological polar surface area (TPSA) is 75.3 Å². The molecule has 0 aliphatic heterocycles. The van der Waals surface area contributed by atoms with Crippen LogP contribution in [0.25, 0.3) is 0 Å². The molecule has 1 fully saturated rings. The zero-order valence-electron chi connectivity index (χ0n) is 12.4. The van der Waals surface area contributed by atoms with Gasteiger partial charge in [0.15, 0.2) is 0 Å². The van der Waals surface area contributed by atoms with Crippen LogP contribution < -0.4 is 11.1 Å². The summed E-state index contributed by atoms with van der Waals surface area (Å²) in [6.45, 7) is 2.92. The van der Waals surface area contributed by atoms with Crippen molar-refractivity contribution in [2.75, 3.05) is 6.54 Å². The average Bonchev–Trinajstić information content (AvgIpc) is 2.40. The zero-order valence-corrected chi connectivity index (χ0v) is 12.4. The van der Waals surface area contributed by atoms with Crippen molar-refractivity contribution in [1.82, 2.24) is 5.32 Å². The quantitative estimate of drug-likeness (QED) is 0.777. The molecule has 1 saturated carbocycles. The lowest BCUT2D eigenvalue weighted by Crippen LogP contribution is -2.43. The van der Waals surface area contributed by atoms with Gasteiger partial charge in [0.2, 0.25) is 5.91 Å². The van der Waals surface area contributed by atoms with Crippen LogP contribution in [0.5, 0.6) is 0 Å². The Bertz CT molecular complexity index is 521. The van der Waals surface area contributed by atoms with Crippen molar-refractivity contribution in [2.24, 2.45) is 11.7 Å². The molecule has 0 radical (unpaired) electrons. The standard InChI is InChI=1S/C16H23FN2O2/c1-11-3-2-6-16(21,8-11)10-19-9-13-5-4-12(15(18)20)7-14(13)17/h4-5,7,11,19,21H,2-3,6,8-10H2,1H3,(H2,18,20). The van der Waals surface area contributed by atoms with Gasteiger partial charge in [0.05, 0.1) is 5.60 Å². The Morgan fingerprint density at radius 1 is 1.57 bits per heavy atom. The maximum Gasteiger partial charge on any atom is 0.248 e. The van der Waals surface area contributed by atoms with E-state index in [-0.39, 0.29) is 5.56 Å². The Balaban J connectivity index is 1.90. The number of aliphatic hydroxyl groups is 1. The number of primary amides is 1. The summed E-state index contributed by atoms with van der Waals surface area (Å²) in [7, 11) is 0. The van der Waals surface area contributed by atoms with E-state index in [9.17, 15) is 14.3 Å². The fraction of sp³-hybridized carbons (Fsp3) is 0.562. The Kier molecular flexibility index (Phi) is 4.96. The van der Waals surface area contributed by atoms with E-state index in [0.717, 1.165) is 31.7 Å². The smallest absolute Gasteiger partial charge is 0.248 e. The molecule has 116 valence electrons. The number of rotatable bonds is 5. The summed E-state index contributed by atoms with van der Waals surface area (Å²) in [5, 5.41) is 13.6. The van der Waals surface area contributed by atoms with Crippen LogP contribution in [0.2, 0.25) is 0 Å². The molecule has 0 aromatic heterocycles. The number of hydrogen-bond donors (Lipinski definition) is 3. The molecule has 0 bridgehead atoms. The van der Waals surface area contributed by atoms with Crippen LogP contribution in [0.3, 0.4) is 0 Å². The van der Waals surface area contributed by atoms with E-state index in [4.69, 9.17) is 5.73 Å². The van der Waals surface area contributed by atoms with Gasteiger partial charge in [0.1, 0.15) is 5.82 Å². The Labute approximate surface area is 124 Å². The molecule has 1 aliphatic rings. The molecule has 1 aliphatic carbocycles. The fourth-order valence-electron chi connectivity index (χ4n) is 3.07. The largest absolute Gasteiger partial charge is 0.389 e. The third kappa shape index (κ3) is 4.25. The zero-order chi connectivity index (χ0) is 15.5. The minimum atomic E-state index is -0.693. The lowest BCUT2D eigenvalue weighted by atomic mass is 9.79. The first-order chi connectivity index (χ1) is 9.89. The molecule has 4 nitrogen and oxygen atoms in total. The van der Waals surface area contributed by atoms with Gasteiger partial charge in [0.25, 0.3) is 0 Å². The van der Waals surface area contributed by atoms with Gasteiger partial charge in [-0.1, -0.05) is 25.8 Å². The maximum atomic E-state index is 13.8. The molecule has 2 atom stereocenters. The van der Waals surface area contributed by atoms with Crippen LogP contribution >= 0.6 is 0 Å². The second-order valence-corrected chi connectivity index (χ2v) is 6.20. The van der Waals surface area contributed by atoms with Gasteiger partial charge in [-0.05, 0) is 30.9 Å². The van der Waals surface area contributed by atoms with Gasteiger partial charge in [-0.2, -0.15) is 0 Å². The van der Waals surface area contributed by atoms with E-state index in [2.05, 4.69) is 12.2 Å². The fourth-order valence-corrected chi connectivity index (χ4v) is 3.07. The third-order valence-corrected chi connectivity index (χ3v) is 4.17. The molecule has 21 heavy (non-hydrogen) atoms. The number of halogens is 1. The molecule has 1 amide bonds. The first-order valence-electron chi connectivity index (χ1n) is 7.41. The van der Waals surface area contributed by atoms with Gasteiger partial charge in [0, 0.05) is 24.2 Å².